The Labute approximate surface area is 164 Å². The highest BCUT2D eigenvalue weighted by molar-refractivity contribution is 7.89. The van der Waals surface area contributed by atoms with Crippen LogP contribution in [0.4, 0.5) is 4.39 Å². The molecule has 1 aliphatic heterocycles. The number of piperidine rings is 1. The van der Waals surface area contributed by atoms with Crippen LogP contribution in [0.2, 0.25) is 0 Å². The van der Waals surface area contributed by atoms with E-state index < -0.39 is 21.7 Å². The summed E-state index contributed by atoms with van der Waals surface area (Å²) in [5.41, 5.74) is 0.551. The normalized spacial score (nSPS) is 16.3. The van der Waals surface area contributed by atoms with Gasteiger partial charge in [-0.15, -0.1) is 0 Å². The Hall–Kier alpha value is -2.26. The van der Waals surface area contributed by atoms with E-state index in [0.717, 1.165) is 17.5 Å². The van der Waals surface area contributed by atoms with Gasteiger partial charge in [0.2, 0.25) is 10.0 Å². The molecule has 2 heterocycles. The number of benzene rings is 1. The molecule has 0 saturated carbocycles. The van der Waals surface area contributed by atoms with E-state index in [-0.39, 0.29) is 22.9 Å². The molecule has 0 bridgehead atoms. The van der Waals surface area contributed by atoms with E-state index in [9.17, 15) is 17.6 Å². The van der Waals surface area contributed by atoms with Crippen LogP contribution in [0.15, 0.2) is 29.2 Å². The number of hydrogen-bond acceptors (Lipinski definition) is 5. The molecule has 0 N–H and O–H groups in total. The number of carbonyl (C=O) groups excluding carboxylic acids is 1. The molecule has 1 aromatic carbocycles. The van der Waals surface area contributed by atoms with Gasteiger partial charge in [-0.2, -0.15) is 9.40 Å². The lowest BCUT2D eigenvalue weighted by Gasteiger charge is -2.29. The molecule has 1 fully saturated rings. The van der Waals surface area contributed by atoms with Crippen molar-refractivity contribution >= 4 is 15.9 Å². The number of hydrogen-bond donors (Lipinski definition) is 0. The van der Waals surface area contributed by atoms with Crippen molar-refractivity contribution in [3.63, 3.8) is 0 Å². The number of halogens is 1. The maximum atomic E-state index is 13.1. The first-order valence-electron chi connectivity index (χ1n) is 9.18. The average molecular weight is 409 g/mol. The smallest absolute Gasteiger partial charge is 0.285 e. The molecular weight excluding hydrogens is 385 g/mol. The van der Waals surface area contributed by atoms with Gasteiger partial charge in [-0.25, -0.2) is 17.5 Å². The second-order valence-electron chi connectivity index (χ2n) is 7.13. The topological polar surface area (TPSA) is 81.5 Å². The van der Waals surface area contributed by atoms with Crippen LogP contribution in [0, 0.1) is 25.6 Å². The number of carbonyl (C=O) groups is 1. The molecule has 0 radical (unpaired) electrons. The van der Waals surface area contributed by atoms with Crippen molar-refractivity contribution in [1.82, 2.24) is 14.1 Å². The fraction of sp³-hybridized carbons (Fsp3) is 0.474. The van der Waals surface area contributed by atoms with Crippen LogP contribution in [-0.4, -0.2) is 48.1 Å². The minimum absolute atomic E-state index is 0.0807. The van der Waals surface area contributed by atoms with Crippen molar-refractivity contribution < 1.29 is 22.3 Å². The van der Waals surface area contributed by atoms with E-state index in [1.54, 1.807) is 13.8 Å². The van der Waals surface area contributed by atoms with Crippen molar-refractivity contribution in [2.24, 2.45) is 5.92 Å². The summed E-state index contributed by atoms with van der Waals surface area (Å²) in [7, 11) is -3.72. The third kappa shape index (κ3) is 4.10. The standard InChI is InChI=1S/C19H24FN3O4S/c1-13-8-10-22(11-9-13)28(25,26)19-14(2)21-23(15(19)3)18(24)12-27-17-6-4-16(20)5-7-17/h4-7,13H,8-12H2,1-3H3. The van der Waals surface area contributed by atoms with Crippen molar-refractivity contribution in [3.05, 3.63) is 41.5 Å². The summed E-state index contributed by atoms with van der Waals surface area (Å²) in [5, 5.41) is 4.13. The Kier molecular flexibility index (Phi) is 5.85. The van der Waals surface area contributed by atoms with Crippen molar-refractivity contribution in [3.8, 4) is 5.75 Å². The Bertz CT molecular complexity index is 962. The van der Waals surface area contributed by atoms with Gasteiger partial charge < -0.3 is 4.74 Å². The van der Waals surface area contributed by atoms with Gasteiger partial charge in [-0.3, -0.25) is 4.79 Å². The van der Waals surface area contributed by atoms with Gasteiger partial charge in [-0.05, 0) is 56.9 Å². The molecule has 0 unspecified atom stereocenters. The summed E-state index contributed by atoms with van der Waals surface area (Å²) in [6.07, 6.45) is 1.63. The second-order valence-corrected chi connectivity index (χ2v) is 9.01. The summed E-state index contributed by atoms with van der Waals surface area (Å²) < 4.78 is 47.0. The summed E-state index contributed by atoms with van der Waals surface area (Å²) in [6.45, 7) is 5.85. The zero-order chi connectivity index (χ0) is 20.5. The molecule has 0 spiro atoms. The molecule has 152 valence electrons. The zero-order valence-corrected chi connectivity index (χ0v) is 17.0. The third-order valence-corrected chi connectivity index (χ3v) is 7.13. The van der Waals surface area contributed by atoms with Gasteiger partial charge in [0.1, 0.15) is 16.5 Å². The van der Waals surface area contributed by atoms with Gasteiger partial charge in [0, 0.05) is 13.1 Å². The van der Waals surface area contributed by atoms with Crippen LogP contribution in [0.5, 0.6) is 5.75 Å². The molecule has 0 atom stereocenters. The lowest BCUT2D eigenvalue weighted by molar-refractivity contribution is 0.0818. The fourth-order valence-electron chi connectivity index (χ4n) is 3.34. The maximum absolute atomic E-state index is 13.1. The highest BCUT2D eigenvalue weighted by atomic mass is 32.2. The maximum Gasteiger partial charge on any atom is 0.285 e. The van der Waals surface area contributed by atoms with Crippen LogP contribution in [0.1, 0.15) is 35.9 Å². The lowest BCUT2D eigenvalue weighted by Crippen LogP contribution is -2.38. The van der Waals surface area contributed by atoms with Crippen LogP contribution in [0.25, 0.3) is 0 Å². The molecule has 28 heavy (non-hydrogen) atoms. The van der Waals surface area contributed by atoms with E-state index in [1.807, 2.05) is 0 Å². The lowest BCUT2D eigenvalue weighted by atomic mass is 10.0. The first kappa shape index (κ1) is 20.5. The fourth-order valence-corrected chi connectivity index (χ4v) is 5.16. The highest BCUT2D eigenvalue weighted by Gasteiger charge is 2.33. The van der Waals surface area contributed by atoms with Gasteiger partial charge in [0.05, 0.1) is 11.4 Å². The van der Waals surface area contributed by atoms with E-state index in [2.05, 4.69) is 12.0 Å². The summed E-state index contributed by atoms with van der Waals surface area (Å²) in [4.78, 5) is 12.6. The molecule has 1 aliphatic rings. The minimum Gasteiger partial charge on any atom is -0.484 e. The summed E-state index contributed by atoms with van der Waals surface area (Å²) in [6, 6.07) is 5.29. The number of ether oxygens (including phenoxy) is 1. The van der Waals surface area contributed by atoms with Crippen LogP contribution >= 0.6 is 0 Å². The van der Waals surface area contributed by atoms with Crippen LogP contribution in [-0.2, 0) is 10.0 Å². The molecule has 0 aliphatic carbocycles. The predicted molar refractivity (Wildman–Crippen MR) is 101 cm³/mol. The second kappa shape index (κ2) is 8.00. The van der Waals surface area contributed by atoms with Crippen molar-refractivity contribution in [2.45, 2.75) is 38.5 Å². The van der Waals surface area contributed by atoms with E-state index in [1.165, 1.54) is 28.6 Å². The number of nitrogens with zero attached hydrogens (tertiary/aromatic N) is 3. The van der Waals surface area contributed by atoms with E-state index in [0.29, 0.717) is 24.8 Å². The molecule has 3 rings (SSSR count). The Morgan fingerprint density at radius 3 is 2.43 bits per heavy atom. The Balaban J connectivity index is 1.79. The van der Waals surface area contributed by atoms with Gasteiger partial charge in [-0.1, -0.05) is 6.92 Å². The molecular formula is C19H24FN3O4S. The molecule has 1 saturated heterocycles. The molecule has 7 nitrogen and oxygen atoms in total. The SMILES string of the molecule is Cc1nn(C(=O)COc2ccc(F)cc2)c(C)c1S(=O)(=O)N1CCC(C)CC1. The monoisotopic (exact) mass is 409 g/mol. The van der Waals surface area contributed by atoms with E-state index >= 15 is 0 Å². The summed E-state index contributed by atoms with van der Waals surface area (Å²) >= 11 is 0. The Morgan fingerprint density at radius 1 is 1.21 bits per heavy atom. The molecule has 1 aromatic heterocycles. The van der Waals surface area contributed by atoms with Gasteiger partial charge in [0.15, 0.2) is 6.61 Å². The van der Waals surface area contributed by atoms with Crippen molar-refractivity contribution in [1.29, 1.82) is 0 Å². The van der Waals surface area contributed by atoms with Crippen LogP contribution in [0.3, 0.4) is 0 Å². The van der Waals surface area contributed by atoms with Crippen LogP contribution < -0.4 is 4.74 Å². The quantitative estimate of drug-likeness (QED) is 0.759. The predicted octanol–water partition coefficient (Wildman–Crippen LogP) is 2.78. The van der Waals surface area contributed by atoms with Gasteiger partial charge >= 0.3 is 0 Å². The zero-order valence-electron chi connectivity index (χ0n) is 16.2. The third-order valence-electron chi connectivity index (χ3n) is 4.98. The Morgan fingerprint density at radius 2 is 1.82 bits per heavy atom. The number of sulfonamides is 1. The number of rotatable bonds is 5. The molecule has 0 amide bonds. The molecule has 9 heteroatoms. The number of aryl methyl sites for hydroxylation is 1. The average Bonchev–Trinajstić information content (AvgIpc) is 2.96. The van der Waals surface area contributed by atoms with Gasteiger partial charge in [0.25, 0.3) is 5.91 Å². The van der Waals surface area contributed by atoms with E-state index in [4.69, 9.17) is 4.74 Å². The van der Waals surface area contributed by atoms with Crippen molar-refractivity contribution in [2.75, 3.05) is 19.7 Å². The largest absolute Gasteiger partial charge is 0.484 e. The number of aromatic nitrogens is 2. The first-order valence-corrected chi connectivity index (χ1v) is 10.6. The summed E-state index contributed by atoms with van der Waals surface area (Å²) in [5.74, 6) is -0.0639. The first-order chi connectivity index (χ1) is 13.2. The highest BCUT2D eigenvalue weighted by Crippen LogP contribution is 2.27. The molecule has 2 aromatic rings. The minimum atomic E-state index is -3.72.